The zero-order chi connectivity index (χ0) is 31.1. The highest BCUT2D eigenvalue weighted by Crippen LogP contribution is 2.33. The zero-order valence-electron chi connectivity index (χ0n) is 25.3. The first-order valence-electron chi connectivity index (χ1n) is 13.7. The molecule has 0 saturated carbocycles. The number of carbonyl (C=O) groups excluding carboxylic acids is 4. The number of hydrogen-bond acceptors (Lipinski definition) is 5. The topological polar surface area (TPSA) is 131 Å². The van der Waals surface area contributed by atoms with Crippen molar-refractivity contribution in [2.45, 2.75) is 97.9 Å². The maximum absolute atomic E-state index is 14.3. The van der Waals surface area contributed by atoms with E-state index in [0.29, 0.717) is 16.3 Å². The number of carbonyl (C=O) groups is 4. The molecular weight excluding hydrogens is 544 g/mol. The highest BCUT2D eigenvalue weighted by atomic mass is 35.5. The Bertz CT molecular complexity index is 1230. The van der Waals surface area contributed by atoms with Crippen LogP contribution in [0, 0.1) is 6.92 Å². The van der Waals surface area contributed by atoms with Crippen LogP contribution in [0.4, 0.5) is 10.5 Å². The Morgan fingerprint density at radius 3 is 2.10 bits per heavy atom. The Morgan fingerprint density at radius 2 is 1.61 bits per heavy atom. The summed E-state index contributed by atoms with van der Waals surface area (Å²) in [5.41, 5.74) is 6.49. The summed E-state index contributed by atoms with van der Waals surface area (Å²) in [6.45, 7) is 14.3. The van der Waals surface area contributed by atoms with Crippen LogP contribution in [0.2, 0.25) is 5.02 Å². The summed E-state index contributed by atoms with van der Waals surface area (Å²) in [7, 11) is 0. The second-order valence-corrected chi connectivity index (χ2v) is 12.4. The first-order valence-corrected chi connectivity index (χ1v) is 14.1. The number of nitrogens with two attached hydrogens (primary N) is 1. The highest BCUT2D eigenvalue weighted by molar-refractivity contribution is 6.34. The van der Waals surface area contributed by atoms with Crippen molar-refractivity contribution >= 4 is 41.1 Å². The average Bonchev–Trinajstić information content (AvgIpc) is 2.85. The fourth-order valence-electron chi connectivity index (χ4n) is 4.34. The lowest BCUT2D eigenvalue weighted by molar-refractivity contribution is -0.147. The van der Waals surface area contributed by atoms with Gasteiger partial charge in [-0.15, -0.1) is 0 Å². The van der Waals surface area contributed by atoms with E-state index in [4.69, 9.17) is 22.1 Å². The summed E-state index contributed by atoms with van der Waals surface area (Å²) in [5, 5.41) is 5.88. The van der Waals surface area contributed by atoms with Crippen molar-refractivity contribution < 1.29 is 23.9 Å². The minimum absolute atomic E-state index is 0.0767. The van der Waals surface area contributed by atoms with Crippen LogP contribution in [0.1, 0.15) is 84.0 Å². The van der Waals surface area contributed by atoms with Crippen molar-refractivity contribution in [2.24, 2.45) is 5.73 Å². The largest absolute Gasteiger partial charge is 0.444 e. The third-order valence-electron chi connectivity index (χ3n) is 6.31. The second kappa shape index (κ2) is 13.9. The molecule has 0 spiro atoms. The molecule has 0 aliphatic rings. The van der Waals surface area contributed by atoms with Crippen LogP contribution < -0.4 is 16.4 Å². The predicted molar refractivity (Wildman–Crippen MR) is 162 cm³/mol. The quantitative estimate of drug-likeness (QED) is 0.330. The molecule has 0 aromatic heterocycles. The van der Waals surface area contributed by atoms with Gasteiger partial charge in [-0.2, -0.15) is 0 Å². The van der Waals surface area contributed by atoms with Gasteiger partial charge in [0.2, 0.25) is 11.8 Å². The Morgan fingerprint density at radius 1 is 1.00 bits per heavy atom. The van der Waals surface area contributed by atoms with E-state index in [9.17, 15) is 19.2 Å². The number of alkyl carbamates (subject to hydrolysis) is 1. The van der Waals surface area contributed by atoms with Crippen LogP contribution in [0.3, 0.4) is 0 Å². The fourth-order valence-corrected chi connectivity index (χ4v) is 4.61. The molecule has 0 heterocycles. The number of benzene rings is 2. The molecule has 2 aromatic rings. The maximum Gasteiger partial charge on any atom is 0.408 e. The third kappa shape index (κ3) is 9.78. The summed E-state index contributed by atoms with van der Waals surface area (Å²) in [6, 6.07) is 10.4. The van der Waals surface area contributed by atoms with E-state index < -0.39 is 47.0 Å². The van der Waals surface area contributed by atoms with Gasteiger partial charge in [0.1, 0.15) is 17.7 Å². The van der Waals surface area contributed by atoms with E-state index >= 15 is 0 Å². The van der Waals surface area contributed by atoms with Crippen molar-refractivity contribution in [3.8, 4) is 0 Å². The number of aryl methyl sites for hydroxylation is 2. The molecule has 0 aliphatic heterocycles. The lowest BCUT2D eigenvalue weighted by Gasteiger charge is -2.43. The van der Waals surface area contributed by atoms with E-state index in [1.165, 1.54) is 4.90 Å². The SMILES string of the molecule is CCc1ccc(C(C(=O)Nc2c(C)cccc2Cl)N(C(=O)C(CCC(N)=O)NC(=O)OC(C)(C)C)C(C)(C)C)cc1. The van der Waals surface area contributed by atoms with Gasteiger partial charge < -0.3 is 26.0 Å². The highest BCUT2D eigenvalue weighted by Gasteiger charge is 2.42. The molecule has 0 bridgehead atoms. The van der Waals surface area contributed by atoms with Crippen molar-refractivity contribution in [1.82, 2.24) is 10.2 Å². The minimum Gasteiger partial charge on any atom is -0.444 e. The van der Waals surface area contributed by atoms with E-state index in [1.54, 1.807) is 53.7 Å². The van der Waals surface area contributed by atoms with Crippen molar-refractivity contribution in [2.75, 3.05) is 5.32 Å². The van der Waals surface area contributed by atoms with Gasteiger partial charge in [-0.25, -0.2) is 4.79 Å². The van der Waals surface area contributed by atoms with E-state index in [-0.39, 0.29) is 12.8 Å². The molecule has 2 rings (SSSR count). The molecule has 9 nitrogen and oxygen atoms in total. The summed E-state index contributed by atoms with van der Waals surface area (Å²) < 4.78 is 5.38. The van der Waals surface area contributed by atoms with Crippen molar-refractivity contribution in [3.05, 3.63) is 64.2 Å². The van der Waals surface area contributed by atoms with Gasteiger partial charge >= 0.3 is 6.09 Å². The van der Waals surface area contributed by atoms with Crippen LogP contribution >= 0.6 is 11.6 Å². The maximum atomic E-state index is 14.3. The van der Waals surface area contributed by atoms with Crippen LogP contribution in [-0.2, 0) is 25.5 Å². The van der Waals surface area contributed by atoms with Crippen LogP contribution in [0.15, 0.2) is 42.5 Å². The van der Waals surface area contributed by atoms with Crippen LogP contribution in [0.5, 0.6) is 0 Å². The van der Waals surface area contributed by atoms with Crippen LogP contribution in [-0.4, -0.2) is 45.9 Å². The number of anilines is 1. The number of nitrogens with zero attached hydrogens (tertiary/aromatic N) is 1. The standard InChI is InChI=1S/C31H43ClN4O5/c1-9-20-13-15-21(16-14-20)26(27(38)35-25-19(2)11-10-12-22(25)32)36(30(3,4)5)28(39)23(17-18-24(33)37)34-29(40)41-31(6,7)8/h10-16,23,26H,9,17-18H2,1-8H3,(H2,33,37)(H,34,40)(H,35,38). The van der Waals surface area contributed by atoms with Crippen molar-refractivity contribution in [3.63, 3.8) is 0 Å². The monoisotopic (exact) mass is 586 g/mol. The van der Waals surface area contributed by atoms with Crippen molar-refractivity contribution in [1.29, 1.82) is 0 Å². The molecule has 4 amide bonds. The molecule has 2 unspecified atom stereocenters. The second-order valence-electron chi connectivity index (χ2n) is 12.0. The Labute approximate surface area is 248 Å². The lowest BCUT2D eigenvalue weighted by Crippen LogP contribution is -2.58. The summed E-state index contributed by atoms with van der Waals surface area (Å²) in [6.07, 6.45) is -0.265. The molecule has 4 N–H and O–H groups in total. The van der Waals surface area contributed by atoms with Gasteiger partial charge in [0, 0.05) is 12.0 Å². The molecule has 0 fully saturated rings. The first kappa shape index (κ1) is 33.6. The summed E-state index contributed by atoms with van der Waals surface area (Å²) in [4.78, 5) is 54.3. The molecule has 0 radical (unpaired) electrons. The van der Waals surface area contributed by atoms with Gasteiger partial charge in [-0.05, 0) is 84.1 Å². The Balaban J connectivity index is 2.64. The predicted octanol–water partition coefficient (Wildman–Crippen LogP) is 5.68. The zero-order valence-corrected chi connectivity index (χ0v) is 26.0. The Kier molecular flexibility index (Phi) is 11.4. The molecule has 0 aliphatic carbocycles. The number of hydrogen-bond donors (Lipinski definition) is 3. The molecule has 10 heteroatoms. The number of amides is 4. The van der Waals surface area contributed by atoms with Crippen LogP contribution in [0.25, 0.3) is 0 Å². The van der Waals surface area contributed by atoms with Gasteiger partial charge in [-0.3, -0.25) is 14.4 Å². The number of primary amides is 1. The van der Waals surface area contributed by atoms with Gasteiger partial charge in [-0.1, -0.05) is 54.9 Å². The number of rotatable bonds is 10. The van der Waals surface area contributed by atoms with Gasteiger partial charge in [0.25, 0.3) is 5.91 Å². The summed E-state index contributed by atoms with van der Waals surface area (Å²) >= 11 is 6.43. The molecule has 41 heavy (non-hydrogen) atoms. The molecule has 2 atom stereocenters. The van der Waals surface area contributed by atoms with Gasteiger partial charge in [0.05, 0.1) is 10.7 Å². The Hall–Kier alpha value is -3.59. The van der Waals surface area contributed by atoms with E-state index in [0.717, 1.165) is 17.5 Å². The first-order chi connectivity index (χ1) is 18.9. The molecular formula is C31H43ClN4O5. The van der Waals surface area contributed by atoms with E-state index in [2.05, 4.69) is 10.6 Å². The molecule has 224 valence electrons. The average molecular weight is 587 g/mol. The fraction of sp³-hybridized carbons (Fsp3) is 0.484. The normalized spacial score (nSPS) is 13.1. The molecule has 0 saturated heterocycles. The molecule has 2 aromatic carbocycles. The number of halogens is 1. The smallest absolute Gasteiger partial charge is 0.408 e. The lowest BCUT2D eigenvalue weighted by atomic mass is 9.94. The summed E-state index contributed by atoms with van der Waals surface area (Å²) in [5.74, 6) is -1.69. The number of para-hydroxylation sites is 1. The van der Waals surface area contributed by atoms with E-state index in [1.807, 2.05) is 44.2 Å². The third-order valence-corrected chi connectivity index (χ3v) is 6.62. The number of nitrogens with one attached hydrogen (secondary N) is 2. The number of ether oxygens (including phenoxy) is 1. The minimum atomic E-state index is -1.19. The van der Waals surface area contributed by atoms with Gasteiger partial charge in [0.15, 0.2) is 0 Å².